The normalized spacial score (nSPS) is 13.9. The van der Waals surface area contributed by atoms with E-state index < -0.39 is 4.75 Å². The lowest BCUT2D eigenvalue weighted by Gasteiger charge is -2.28. The summed E-state index contributed by atoms with van der Waals surface area (Å²) in [5.74, 6) is 2.87. The summed E-state index contributed by atoms with van der Waals surface area (Å²) in [6.07, 6.45) is 3.81. The average molecular weight is 583 g/mol. The predicted molar refractivity (Wildman–Crippen MR) is 163 cm³/mol. The Balaban J connectivity index is 0.00000441. The van der Waals surface area contributed by atoms with Crippen LogP contribution in [0, 0.1) is 18.3 Å². The molecule has 6 nitrogen and oxygen atoms in total. The maximum Gasteiger partial charge on any atom is 0.161 e. The van der Waals surface area contributed by atoms with Crippen LogP contribution < -0.4 is 18.9 Å². The van der Waals surface area contributed by atoms with Gasteiger partial charge in [0.05, 0.1) is 34.5 Å². The maximum absolute atomic E-state index is 10.6. The topological polar surface area (TPSA) is 64.0 Å². The third kappa shape index (κ3) is 7.17. The van der Waals surface area contributed by atoms with E-state index in [1.54, 1.807) is 40.2 Å². The van der Waals surface area contributed by atoms with Crippen molar-refractivity contribution >= 4 is 24.2 Å². The van der Waals surface area contributed by atoms with E-state index in [0.717, 1.165) is 67.3 Å². The minimum absolute atomic E-state index is 0. The highest BCUT2D eigenvalue weighted by molar-refractivity contribution is 8.00. The summed E-state index contributed by atoms with van der Waals surface area (Å²) in [4.78, 5) is 3.55. The number of halogens is 1. The summed E-state index contributed by atoms with van der Waals surface area (Å²) >= 11 is 1.62. The summed E-state index contributed by atoms with van der Waals surface area (Å²) in [7, 11) is 6.61. The zero-order valence-corrected chi connectivity index (χ0v) is 25.6. The van der Waals surface area contributed by atoms with Crippen LogP contribution in [-0.4, -0.2) is 39.9 Å². The number of methoxy groups -OCH3 is 4. The molecule has 3 aromatic rings. The maximum atomic E-state index is 10.6. The molecule has 4 rings (SSSR count). The Bertz CT molecular complexity index is 1280. The number of nitrogens with zero attached hydrogens (tertiary/aromatic N) is 2. The van der Waals surface area contributed by atoms with E-state index in [1.165, 1.54) is 16.7 Å². The van der Waals surface area contributed by atoms with E-state index in [1.807, 2.05) is 18.2 Å². The molecule has 0 aromatic heterocycles. The summed E-state index contributed by atoms with van der Waals surface area (Å²) in [6, 6.07) is 21.1. The highest BCUT2D eigenvalue weighted by Crippen LogP contribution is 2.47. The van der Waals surface area contributed by atoms with Gasteiger partial charge in [-0.2, -0.15) is 5.26 Å². The van der Waals surface area contributed by atoms with Crippen LogP contribution in [0.4, 0.5) is 0 Å². The van der Waals surface area contributed by atoms with E-state index in [0.29, 0.717) is 11.5 Å². The van der Waals surface area contributed by atoms with Crippen LogP contribution in [0.5, 0.6) is 23.0 Å². The lowest BCUT2D eigenvalue weighted by atomic mass is 9.93. The Morgan fingerprint density at radius 1 is 0.775 bits per heavy atom. The number of hydrogen-bond acceptors (Lipinski definition) is 7. The van der Waals surface area contributed by atoms with Gasteiger partial charge in [-0.15, -0.1) is 12.4 Å². The molecule has 0 aliphatic carbocycles. The van der Waals surface area contributed by atoms with Gasteiger partial charge >= 0.3 is 0 Å². The SMILES string of the molecule is COc1ccc(C(C#N)(CCCCCN2Cc3cc(OC)c(OC)cc3C2)Sc2ccc(C)cc2)cc1OC.Cl. The van der Waals surface area contributed by atoms with Gasteiger partial charge in [-0.1, -0.05) is 48.4 Å². The van der Waals surface area contributed by atoms with Crippen LogP contribution in [0.25, 0.3) is 0 Å². The molecule has 40 heavy (non-hydrogen) atoms. The Hall–Kier alpha value is -3.05. The van der Waals surface area contributed by atoms with Gasteiger partial charge in [0, 0.05) is 18.0 Å². The average Bonchev–Trinajstić information content (AvgIpc) is 3.37. The van der Waals surface area contributed by atoms with E-state index in [9.17, 15) is 5.26 Å². The monoisotopic (exact) mass is 582 g/mol. The lowest BCUT2D eigenvalue weighted by molar-refractivity contribution is 0.276. The molecule has 3 aromatic carbocycles. The first-order valence-corrected chi connectivity index (χ1v) is 14.1. The fourth-order valence-corrected chi connectivity index (χ4v) is 6.34. The molecule has 0 spiro atoms. The molecule has 8 heteroatoms. The van der Waals surface area contributed by atoms with Gasteiger partial charge in [0.15, 0.2) is 23.0 Å². The molecule has 1 aliphatic heterocycles. The van der Waals surface area contributed by atoms with Crippen molar-refractivity contribution in [3.63, 3.8) is 0 Å². The second kappa shape index (κ2) is 14.5. The third-order valence-corrected chi connectivity index (χ3v) is 8.73. The molecule has 214 valence electrons. The molecule has 1 atom stereocenters. The van der Waals surface area contributed by atoms with Crippen molar-refractivity contribution in [3.8, 4) is 29.1 Å². The Morgan fingerprint density at radius 3 is 1.90 bits per heavy atom. The van der Waals surface area contributed by atoms with Crippen molar-refractivity contribution < 1.29 is 18.9 Å². The molecule has 0 fully saturated rings. The lowest BCUT2D eigenvalue weighted by Crippen LogP contribution is -2.21. The minimum atomic E-state index is -0.730. The first-order valence-electron chi connectivity index (χ1n) is 13.3. The summed E-state index contributed by atoms with van der Waals surface area (Å²) < 4.78 is 21.2. The van der Waals surface area contributed by atoms with Crippen LogP contribution in [0.1, 0.15) is 47.9 Å². The van der Waals surface area contributed by atoms with Crippen LogP contribution in [0.2, 0.25) is 0 Å². The van der Waals surface area contributed by atoms with Crippen molar-refractivity contribution in [2.75, 3.05) is 35.0 Å². The smallest absolute Gasteiger partial charge is 0.161 e. The summed E-state index contributed by atoms with van der Waals surface area (Å²) in [6.45, 7) is 4.94. The number of ether oxygens (including phenoxy) is 4. The predicted octanol–water partition coefficient (Wildman–Crippen LogP) is 7.54. The number of rotatable bonds is 13. The van der Waals surface area contributed by atoms with Crippen molar-refractivity contribution in [1.29, 1.82) is 5.26 Å². The molecule has 1 unspecified atom stereocenters. The van der Waals surface area contributed by atoms with Crippen LogP contribution >= 0.6 is 24.2 Å². The van der Waals surface area contributed by atoms with Crippen LogP contribution in [0.3, 0.4) is 0 Å². The number of aryl methyl sites for hydroxylation is 1. The van der Waals surface area contributed by atoms with Crippen LogP contribution in [0.15, 0.2) is 59.5 Å². The first kappa shape index (κ1) is 31.5. The van der Waals surface area contributed by atoms with Gasteiger partial charge < -0.3 is 18.9 Å². The summed E-state index contributed by atoms with van der Waals surface area (Å²) in [5.41, 5.74) is 4.75. The first-order chi connectivity index (χ1) is 18.9. The second-order valence-corrected chi connectivity index (χ2v) is 11.3. The number of hydrogen-bond donors (Lipinski definition) is 0. The van der Waals surface area contributed by atoms with Gasteiger partial charge in [0.1, 0.15) is 4.75 Å². The highest BCUT2D eigenvalue weighted by atomic mass is 35.5. The van der Waals surface area contributed by atoms with Gasteiger partial charge in [-0.25, -0.2) is 0 Å². The number of nitriles is 1. The zero-order valence-electron chi connectivity index (χ0n) is 24.0. The Morgan fingerprint density at radius 2 is 1.35 bits per heavy atom. The molecule has 1 aliphatic rings. The van der Waals surface area contributed by atoms with Crippen molar-refractivity contribution in [1.82, 2.24) is 4.90 Å². The van der Waals surface area contributed by atoms with Gasteiger partial charge in [-0.05, 0) is 79.4 Å². The zero-order chi connectivity index (χ0) is 27.8. The molecule has 0 bridgehead atoms. The van der Waals surface area contributed by atoms with Gasteiger partial charge in [-0.3, -0.25) is 4.90 Å². The van der Waals surface area contributed by atoms with E-state index >= 15 is 0 Å². The molecule has 0 N–H and O–H groups in total. The Labute approximate surface area is 249 Å². The van der Waals surface area contributed by atoms with Crippen molar-refractivity contribution in [2.24, 2.45) is 0 Å². The molecule has 0 radical (unpaired) electrons. The molecule has 1 heterocycles. The molecular formula is C32H39ClN2O4S. The van der Waals surface area contributed by atoms with Gasteiger partial charge in [0.2, 0.25) is 0 Å². The van der Waals surface area contributed by atoms with Crippen molar-refractivity contribution in [3.05, 3.63) is 76.9 Å². The third-order valence-electron chi connectivity index (χ3n) is 7.34. The number of thioether (sulfide) groups is 1. The van der Waals surface area contributed by atoms with Crippen molar-refractivity contribution in [2.45, 2.75) is 55.3 Å². The molecule has 0 saturated heterocycles. The van der Waals surface area contributed by atoms with E-state index in [-0.39, 0.29) is 12.4 Å². The molecule has 0 amide bonds. The largest absolute Gasteiger partial charge is 0.493 e. The highest BCUT2D eigenvalue weighted by Gasteiger charge is 2.34. The second-order valence-electron chi connectivity index (χ2n) is 9.92. The summed E-state index contributed by atoms with van der Waals surface area (Å²) in [5, 5.41) is 10.6. The quantitative estimate of drug-likeness (QED) is 0.152. The number of fused-ring (bicyclic) bond motifs is 1. The van der Waals surface area contributed by atoms with Gasteiger partial charge in [0.25, 0.3) is 0 Å². The standard InChI is InChI=1S/C32H38N2O4S.ClH/c1-23-9-12-27(13-10-23)39-32(22-33,26-11-14-28(35-2)31(19-26)38-5)15-7-6-8-16-34-20-24-17-29(36-3)30(37-4)18-25(24)21-34;/h9-14,17-19H,6-8,15-16,20-21H2,1-5H3;1H. The number of benzene rings is 3. The van der Waals surface area contributed by atoms with E-state index in [4.69, 9.17) is 18.9 Å². The minimum Gasteiger partial charge on any atom is -0.493 e. The fourth-order valence-electron chi connectivity index (χ4n) is 5.13. The number of unbranched alkanes of at least 4 members (excludes halogenated alkanes) is 2. The Kier molecular flexibility index (Phi) is 11.4. The fraction of sp³-hybridized carbons (Fsp3) is 0.406. The van der Waals surface area contributed by atoms with Crippen LogP contribution in [-0.2, 0) is 17.8 Å². The van der Waals surface area contributed by atoms with E-state index in [2.05, 4.69) is 54.3 Å². The molecular weight excluding hydrogens is 544 g/mol. The molecule has 0 saturated carbocycles.